The van der Waals surface area contributed by atoms with Gasteiger partial charge in [0.05, 0.1) is 10.5 Å². The fourth-order valence-corrected chi connectivity index (χ4v) is 3.60. The second-order valence-corrected chi connectivity index (χ2v) is 7.82. The summed E-state index contributed by atoms with van der Waals surface area (Å²) in [5.41, 5.74) is -0.330. The summed E-state index contributed by atoms with van der Waals surface area (Å²) in [6, 6.07) is 5.18. The van der Waals surface area contributed by atoms with Gasteiger partial charge in [-0.2, -0.15) is 8.42 Å². The van der Waals surface area contributed by atoms with Crippen molar-refractivity contribution < 1.29 is 27.4 Å². The second-order valence-electron chi connectivity index (χ2n) is 6.33. The Morgan fingerprint density at radius 1 is 1.35 bits per heavy atom. The molecular weight excluding hydrogens is 364 g/mol. The molecule has 1 saturated carbocycles. The van der Waals surface area contributed by atoms with E-state index in [-0.39, 0.29) is 23.8 Å². The number of rotatable bonds is 8. The number of non-ortho nitro benzene ring substituents is 1. The molecule has 2 N–H and O–H groups in total. The van der Waals surface area contributed by atoms with Crippen LogP contribution in [0.2, 0.25) is 0 Å². The van der Waals surface area contributed by atoms with Crippen LogP contribution in [0.1, 0.15) is 42.5 Å². The molecule has 0 saturated heterocycles. The highest BCUT2D eigenvalue weighted by Crippen LogP contribution is 2.18. The molecule has 1 aliphatic carbocycles. The highest BCUT2D eigenvalue weighted by Gasteiger charge is 2.24. The van der Waals surface area contributed by atoms with Gasteiger partial charge in [-0.05, 0) is 18.9 Å². The predicted octanol–water partition coefficient (Wildman–Crippen LogP) is 1.93. The fourth-order valence-electron chi connectivity index (χ4n) is 2.94. The van der Waals surface area contributed by atoms with Crippen LogP contribution < -0.4 is 5.32 Å². The first-order valence-electron chi connectivity index (χ1n) is 8.38. The largest absolute Gasteiger partial charge is 0.456 e. The van der Waals surface area contributed by atoms with Crippen LogP contribution in [0.5, 0.6) is 0 Å². The van der Waals surface area contributed by atoms with E-state index in [0.29, 0.717) is 0 Å². The van der Waals surface area contributed by atoms with Gasteiger partial charge in [-0.1, -0.05) is 25.3 Å². The third-order valence-corrected chi connectivity index (χ3v) is 5.00. The minimum atomic E-state index is -4.35. The lowest BCUT2D eigenvalue weighted by Gasteiger charge is -2.25. The maximum Gasteiger partial charge on any atom is 0.338 e. The monoisotopic (exact) mass is 386 g/mol. The first-order valence-corrected chi connectivity index (χ1v) is 9.99. The highest BCUT2D eigenvalue weighted by atomic mass is 32.2. The molecule has 1 unspecified atom stereocenters. The van der Waals surface area contributed by atoms with E-state index in [0.717, 1.165) is 38.2 Å². The van der Waals surface area contributed by atoms with Gasteiger partial charge >= 0.3 is 5.97 Å². The second kappa shape index (κ2) is 9.06. The molecule has 2 rings (SSSR count). The maximum atomic E-state index is 12.2. The SMILES string of the molecule is O=C(OC(CNC1CCCCC1)CS(=O)(=O)O)c1cccc([N+](=O)[O-])c1. The number of nitrogens with zero attached hydrogens (tertiary/aromatic N) is 1. The van der Waals surface area contributed by atoms with Crippen LogP contribution in [0.3, 0.4) is 0 Å². The van der Waals surface area contributed by atoms with E-state index < -0.39 is 32.9 Å². The number of hydrogen-bond acceptors (Lipinski definition) is 7. The number of hydrogen-bond donors (Lipinski definition) is 2. The van der Waals surface area contributed by atoms with E-state index in [1.807, 2.05) is 0 Å². The van der Waals surface area contributed by atoms with Crippen LogP contribution in [0.25, 0.3) is 0 Å². The zero-order valence-electron chi connectivity index (χ0n) is 14.2. The van der Waals surface area contributed by atoms with Crippen LogP contribution in [-0.4, -0.2) is 48.3 Å². The molecule has 144 valence electrons. The average molecular weight is 386 g/mol. The third-order valence-electron chi connectivity index (χ3n) is 4.20. The molecule has 0 aliphatic heterocycles. The van der Waals surface area contributed by atoms with Gasteiger partial charge in [-0.3, -0.25) is 14.7 Å². The molecule has 1 aliphatic rings. The van der Waals surface area contributed by atoms with Crippen molar-refractivity contribution in [3.63, 3.8) is 0 Å². The van der Waals surface area contributed by atoms with E-state index in [1.165, 1.54) is 18.2 Å². The molecule has 0 amide bonds. The first-order chi connectivity index (χ1) is 12.2. The number of carbonyl (C=O) groups is 1. The van der Waals surface area contributed by atoms with Gasteiger partial charge in [-0.25, -0.2) is 4.79 Å². The molecule has 1 aromatic carbocycles. The molecule has 26 heavy (non-hydrogen) atoms. The van der Waals surface area contributed by atoms with Crippen LogP contribution in [0, 0.1) is 10.1 Å². The molecule has 0 heterocycles. The van der Waals surface area contributed by atoms with Crippen molar-refractivity contribution in [2.45, 2.75) is 44.2 Å². The zero-order valence-corrected chi connectivity index (χ0v) is 15.0. The summed E-state index contributed by atoms with van der Waals surface area (Å²) >= 11 is 0. The normalized spacial score (nSPS) is 16.8. The summed E-state index contributed by atoms with van der Waals surface area (Å²) < 4.78 is 36.7. The van der Waals surface area contributed by atoms with E-state index in [4.69, 9.17) is 9.29 Å². The molecule has 0 aromatic heterocycles. The first kappa shape index (κ1) is 20.3. The summed E-state index contributed by atoms with van der Waals surface area (Å²) in [7, 11) is -4.35. The molecule has 0 bridgehead atoms. The fraction of sp³-hybridized carbons (Fsp3) is 0.562. The third kappa shape index (κ3) is 6.70. The zero-order chi connectivity index (χ0) is 19.2. The number of carbonyl (C=O) groups excluding carboxylic acids is 1. The predicted molar refractivity (Wildman–Crippen MR) is 93.6 cm³/mol. The Balaban J connectivity index is 2.03. The van der Waals surface area contributed by atoms with E-state index in [9.17, 15) is 23.3 Å². The molecule has 0 radical (unpaired) electrons. The van der Waals surface area contributed by atoms with Crippen molar-refractivity contribution in [3.05, 3.63) is 39.9 Å². The van der Waals surface area contributed by atoms with Crippen LogP contribution >= 0.6 is 0 Å². The lowest BCUT2D eigenvalue weighted by atomic mass is 9.95. The number of esters is 1. The molecule has 0 spiro atoms. The minimum Gasteiger partial charge on any atom is -0.456 e. The van der Waals surface area contributed by atoms with E-state index in [2.05, 4.69) is 5.32 Å². The molecular formula is C16H22N2O7S. The Morgan fingerprint density at radius 2 is 2.04 bits per heavy atom. The van der Waals surface area contributed by atoms with E-state index in [1.54, 1.807) is 0 Å². The van der Waals surface area contributed by atoms with Crippen molar-refractivity contribution in [3.8, 4) is 0 Å². The van der Waals surface area contributed by atoms with Crippen molar-refractivity contribution in [1.29, 1.82) is 0 Å². The van der Waals surface area contributed by atoms with Gasteiger partial charge in [0.15, 0.2) is 0 Å². The van der Waals surface area contributed by atoms with Crippen LogP contribution in [0.4, 0.5) is 5.69 Å². The lowest BCUT2D eigenvalue weighted by Crippen LogP contribution is -2.41. The molecule has 1 aromatic rings. The van der Waals surface area contributed by atoms with Crippen molar-refractivity contribution in [2.75, 3.05) is 12.3 Å². The molecule has 9 nitrogen and oxygen atoms in total. The van der Waals surface area contributed by atoms with Crippen molar-refractivity contribution in [2.24, 2.45) is 0 Å². The summed E-state index contributed by atoms with van der Waals surface area (Å²) in [5.74, 6) is -1.62. The number of nitro benzene ring substituents is 1. The van der Waals surface area contributed by atoms with Gasteiger partial charge in [-0.15, -0.1) is 0 Å². The smallest absolute Gasteiger partial charge is 0.338 e. The van der Waals surface area contributed by atoms with Crippen LogP contribution in [-0.2, 0) is 14.9 Å². The Hall–Kier alpha value is -2.04. The van der Waals surface area contributed by atoms with Gasteiger partial charge < -0.3 is 10.1 Å². The topological polar surface area (TPSA) is 136 Å². The van der Waals surface area contributed by atoms with Gasteiger partial charge in [0.1, 0.15) is 11.9 Å². The quantitative estimate of drug-likeness (QED) is 0.299. The van der Waals surface area contributed by atoms with Gasteiger partial charge in [0, 0.05) is 24.7 Å². The summed E-state index contributed by atoms with van der Waals surface area (Å²) in [6.45, 7) is 0.0745. The standard InChI is InChI=1S/C16H22N2O7S/c19-16(12-5-4-8-14(9-12)18(20)21)25-15(11-26(22,23)24)10-17-13-6-2-1-3-7-13/h4-5,8-9,13,15,17H,1-3,6-7,10-11H2,(H,22,23,24). The van der Waals surface area contributed by atoms with Crippen molar-refractivity contribution >= 4 is 21.8 Å². The van der Waals surface area contributed by atoms with Crippen LogP contribution in [0.15, 0.2) is 24.3 Å². The lowest BCUT2D eigenvalue weighted by molar-refractivity contribution is -0.384. The Kier molecular flexibility index (Phi) is 7.06. The summed E-state index contributed by atoms with van der Waals surface area (Å²) in [6.07, 6.45) is 4.13. The van der Waals surface area contributed by atoms with E-state index >= 15 is 0 Å². The minimum absolute atomic E-state index is 0.0581. The maximum absolute atomic E-state index is 12.2. The Morgan fingerprint density at radius 3 is 2.65 bits per heavy atom. The number of ether oxygens (including phenoxy) is 1. The average Bonchev–Trinajstić information content (AvgIpc) is 2.59. The summed E-state index contributed by atoms with van der Waals surface area (Å²) in [5, 5.41) is 14.0. The number of benzene rings is 1. The van der Waals surface area contributed by atoms with Gasteiger partial charge in [0.2, 0.25) is 0 Å². The number of nitro groups is 1. The highest BCUT2D eigenvalue weighted by molar-refractivity contribution is 7.85. The molecule has 10 heteroatoms. The Bertz CT molecular complexity index is 745. The van der Waals surface area contributed by atoms with Gasteiger partial charge in [0.25, 0.3) is 15.8 Å². The summed E-state index contributed by atoms with van der Waals surface area (Å²) in [4.78, 5) is 22.4. The molecule has 1 atom stereocenters. The Labute approximate surface area is 151 Å². The molecule has 1 fully saturated rings. The van der Waals surface area contributed by atoms with Crippen molar-refractivity contribution in [1.82, 2.24) is 5.32 Å². The number of nitrogens with one attached hydrogen (secondary N) is 1.